The molecule has 3 heteroatoms. The molecule has 0 aliphatic heterocycles. The molecule has 0 aromatic heterocycles. The molecule has 1 fully saturated rings. The van der Waals surface area contributed by atoms with Crippen LogP contribution in [0.15, 0.2) is 0 Å². The molecule has 0 bridgehead atoms. The molecule has 1 aliphatic carbocycles. The Morgan fingerprint density at radius 1 is 1.24 bits per heavy atom. The fourth-order valence-corrected chi connectivity index (χ4v) is 3.36. The van der Waals surface area contributed by atoms with Crippen molar-refractivity contribution in [3.05, 3.63) is 0 Å². The number of likely N-dealkylation sites (N-methyl/N-ethyl adjacent to an activating group) is 1. The summed E-state index contributed by atoms with van der Waals surface area (Å²) >= 11 is 0. The third-order valence-corrected chi connectivity index (χ3v) is 4.75. The maximum absolute atomic E-state index is 6.14. The number of ether oxygens (including phenoxy) is 1. The summed E-state index contributed by atoms with van der Waals surface area (Å²) in [6.45, 7) is 10.1. The Bertz CT molecular complexity index is 230. The van der Waals surface area contributed by atoms with Gasteiger partial charge in [-0.1, -0.05) is 26.7 Å². The Balaban J connectivity index is 2.71. The lowest BCUT2D eigenvalue weighted by molar-refractivity contribution is -0.0400. The van der Waals surface area contributed by atoms with E-state index in [0.29, 0.717) is 5.41 Å². The molecule has 17 heavy (non-hydrogen) atoms. The molecule has 0 heterocycles. The van der Waals surface area contributed by atoms with Gasteiger partial charge in [0.25, 0.3) is 0 Å². The highest BCUT2D eigenvalue weighted by molar-refractivity contribution is 5.04. The van der Waals surface area contributed by atoms with Crippen LogP contribution in [0.2, 0.25) is 0 Å². The summed E-state index contributed by atoms with van der Waals surface area (Å²) in [5.41, 5.74) is 6.60. The highest BCUT2D eigenvalue weighted by Crippen LogP contribution is 2.46. The van der Waals surface area contributed by atoms with E-state index in [0.717, 1.165) is 26.3 Å². The molecule has 1 unspecified atom stereocenters. The number of hydrogen-bond donors (Lipinski definition) is 1. The van der Waals surface area contributed by atoms with Gasteiger partial charge in [0.15, 0.2) is 0 Å². The lowest BCUT2D eigenvalue weighted by atomic mass is 9.62. The molecular weight excluding hydrogens is 212 g/mol. The van der Waals surface area contributed by atoms with Crippen molar-refractivity contribution in [2.45, 2.75) is 52.0 Å². The zero-order valence-electron chi connectivity index (χ0n) is 12.1. The first-order valence-corrected chi connectivity index (χ1v) is 6.99. The lowest BCUT2D eigenvalue weighted by Crippen LogP contribution is -2.63. The maximum Gasteiger partial charge on any atom is 0.0593 e. The summed E-state index contributed by atoms with van der Waals surface area (Å²) in [6, 6.07) is 0. The van der Waals surface area contributed by atoms with Gasteiger partial charge < -0.3 is 10.5 Å². The van der Waals surface area contributed by atoms with Gasteiger partial charge in [0.05, 0.1) is 6.61 Å². The normalized spacial score (nSPS) is 28.6. The van der Waals surface area contributed by atoms with E-state index in [1.165, 1.54) is 25.7 Å². The fraction of sp³-hybridized carbons (Fsp3) is 1.00. The standard InChI is InChI=1S/C14H30N2O/c1-5-17-11-10-16(4)14(12-15)9-7-6-8-13(14,2)3/h5-12,15H2,1-4H3. The summed E-state index contributed by atoms with van der Waals surface area (Å²) in [5, 5.41) is 0. The molecule has 1 atom stereocenters. The summed E-state index contributed by atoms with van der Waals surface area (Å²) in [7, 11) is 2.21. The van der Waals surface area contributed by atoms with Crippen LogP contribution in [0.5, 0.6) is 0 Å². The van der Waals surface area contributed by atoms with Gasteiger partial charge in [-0.15, -0.1) is 0 Å². The smallest absolute Gasteiger partial charge is 0.0593 e. The molecule has 0 aromatic carbocycles. The third-order valence-electron chi connectivity index (χ3n) is 4.75. The molecule has 1 rings (SSSR count). The van der Waals surface area contributed by atoms with Gasteiger partial charge in [0, 0.05) is 25.2 Å². The molecule has 3 nitrogen and oxygen atoms in total. The van der Waals surface area contributed by atoms with E-state index in [9.17, 15) is 0 Å². The van der Waals surface area contributed by atoms with Gasteiger partial charge in [0.2, 0.25) is 0 Å². The predicted molar refractivity (Wildman–Crippen MR) is 73.2 cm³/mol. The van der Waals surface area contributed by atoms with Crippen molar-refractivity contribution < 1.29 is 4.74 Å². The Labute approximate surface area is 107 Å². The van der Waals surface area contributed by atoms with Gasteiger partial charge in [-0.05, 0) is 32.2 Å². The number of nitrogens with two attached hydrogens (primary N) is 1. The van der Waals surface area contributed by atoms with E-state index in [1.54, 1.807) is 0 Å². The van der Waals surface area contributed by atoms with E-state index in [2.05, 4.69) is 25.8 Å². The highest BCUT2D eigenvalue weighted by atomic mass is 16.5. The molecule has 0 aromatic rings. The van der Waals surface area contributed by atoms with E-state index >= 15 is 0 Å². The van der Waals surface area contributed by atoms with Crippen LogP contribution < -0.4 is 5.73 Å². The van der Waals surface area contributed by atoms with E-state index < -0.39 is 0 Å². The molecule has 1 aliphatic rings. The molecule has 0 saturated heterocycles. The summed E-state index contributed by atoms with van der Waals surface area (Å²) in [5.74, 6) is 0. The van der Waals surface area contributed by atoms with Crippen molar-refractivity contribution >= 4 is 0 Å². The first-order valence-electron chi connectivity index (χ1n) is 6.99. The van der Waals surface area contributed by atoms with E-state index in [4.69, 9.17) is 10.5 Å². The minimum absolute atomic E-state index is 0.155. The Kier molecular flexibility index (Phi) is 5.42. The maximum atomic E-state index is 6.14. The first kappa shape index (κ1) is 14.9. The van der Waals surface area contributed by atoms with Crippen LogP contribution in [0.4, 0.5) is 0 Å². The zero-order valence-corrected chi connectivity index (χ0v) is 12.1. The molecular formula is C14H30N2O. The van der Waals surface area contributed by atoms with Crippen LogP contribution >= 0.6 is 0 Å². The second kappa shape index (κ2) is 6.17. The first-order chi connectivity index (χ1) is 8.00. The highest BCUT2D eigenvalue weighted by Gasteiger charge is 2.47. The average molecular weight is 242 g/mol. The van der Waals surface area contributed by atoms with Gasteiger partial charge in [0.1, 0.15) is 0 Å². The SMILES string of the molecule is CCOCCN(C)C1(CN)CCCCC1(C)C. The third kappa shape index (κ3) is 3.01. The topological polar surface area (TPSA) is 38.5 Å². The molecule has 0 spiro atoms. The predicted octanol–water partition coefficient (Wildman–Crippen LogP) is 2.25. The summed E-state index contributed by atoms with van der Waals surface area (Å²) in [4.78, 5) is 2.45. The lowest BCUT2D eigenvalue weighted by Gasteiger charge is -2.55. The van der Waals surface area contributed by atoms with Crippen molar-refractivity contribution in [2.24, 2.45) is 11.1 Å². The average Bonchev–Trinajstić information content (AvgIpc) is 2.29. The van der Waals surface area contributed by atoms with Crippen LogP contribution in [0, 0.1) is 5.41 Å². The van der Waals surface area contributed by atoms with Crippen molar-refractivity contribution in [1.29, 1.82) is 0 Å². The van der Waals surface area contributed by atoms with Gasteiger partial charge in [-0.2, -0.15) is 0 Å². The Hall–Kier alpha value is -0.120. The largest absolute Gasteiger partial charge is 0.380 e. The Morgan fingerprint density at radius 2 is 1.88 bits per heavy atom. The van der Waals surface area contributed by atoms with Crippen LogP contribution in [0.3, 0.4) is 0 Å². The van der Waals surface area contributed by atoms with Gasteiger partial charge >= 0.3 is 0 Å². The zero-order chi connectivity index (χ0) is 12.9. The quantitative estimate of drug-likeness (QED) is 0.726. The second-order valence-electron chi connectivity index (χ2n) is 5.95. The summed E-state index contributed by atoms with van der Waals surface area (Å²) in [6.07, 6.45) is 5.15. The van der Waals surface area contributed by atoms with Gasteiger partial charge in [-0.3, -0.25) is 4.90 Å². The summed E-state index contributed by atoms with van der Waals surface area (Å²) < 4.78 is 5.47. The van der Waals surface area contributed by atoms with Crippen molar-refractivity contribution in [3.8, 4) is 0 Å². The number of hydrogen-bond acceptors (Lipinski definition) is 3. The van der Waals surface area contributed by atoms with Crippen LogP contribution in [-0.4, -0.2) is 43.8 Å². The minimum Gasteiger partial charge on any atom is -0.380 e. The van der Waals surface area contributed by atoms with Crippen LogP contribution in [-0.2, 0) is 4.74 Å². The van der Waals surface area contributed by atoms with Crippen molar-refractivity contribution in [2.75, 3.05) is 33.4 Å². The van der Waals surface area contributed by atoms with Gasteiger partial charge in [-0.25, -0.2) is 0 Å². The molecule has 2 N–H and O–H groups in total. The molecule has 102 valence electrons. The fourth-order valence-electron chi connectivity index (χ4n) is 3.36. The van der Waals surface area contributed by atoms with Crippen molar-refractivity contribution in [3.63, 3.8) is 0 Å². The Morgan fingerprint density at radius 3 is 2.41 bits per heavy atom. The second-order valence-corrected chi connectivity index (χ2v) is 5.95. The van der Waals surface area contributed by atoms with Crippen molar-refractivity contribution in [1.82, 2.24) is 4.90 Å². The minimum atomic E-state index is 0.155. The van der Waals surface area contributed by atoms with E-state index in [-0.39, 0.29) is 5.54 Å². The van der Waals surface area contributed by atoms with Crippen LogP contribution in [0.1, 0.15) is 46.5 Å². The molecule has 0 amide bonds. The molecule has 0 radical (unpaired) electrons. The van der Waals surface area contributed by atoms with Crippen LogP contribution in [0.25, 0.3) is 0 Å². The number of nitrogens with zero attached hydrogens (tertiary/aromatic N) is 1. The molecule has 1 saturated carbocycles. The monoisotopic (exact) mass is 242 g/mol. The van der Waals surface area contributed by atoms with E-state index in [1.807, 2.05) is 6.92 Å². The number of rotatable bonds is 6.